The van der Waals surface area contributed by atoms with Gasteiger partial charge in [0.2, 0.25) is 0 Å². The third kappa shape index (κ3) is 2.81. The van der Waals surface area contributed by atoms with Gasteiger partial charge in [0.05, 0.1) is 0 Å². The lowest BCUT2D eigenvalue weighted by molar-refractivity contribution is -0.157. The zero-order valence-corrected chi connectivity index (χ0v) is 9.82. The minimum Gasteiger partial charge on any atom is -0.458 e. The topological polar surface area (TPSA) is 52.3 Å². The van der Waals surface area contributed by atoms with Gasteiger partial charge in [-0.25, -0.2) is 4.79 Å². The minimum atomic E-state index is -0.338. The van der Waals surface area contributed by atoms with Crippen molar-refractivity contribution in [2.24, 2.45) is 17.1 Å². The molecule has 0 bridgehead atoms. The Hall–Kier alpha value is -0.830. The fourth-order valence-electron chi connectivity index (χ4n) is 2.70. The first-order valence-corrected chi connectivity index (χ1v) is 5.45. The Morgan fingerprint density at radius 2 is 2.20 bits per heavy atom. The van der Waals surface area contributed by atoms with E-state index < -0.39 is 0 Å². The summed E-state index contributed by atoms with van der Waals surface area (Å²) < 4.78 is 5.40. The van der Waals surface area contributed by atoms with Crippen LogP contribution in [-0.2, 0) is 9.53 Å². The van der Waals surface area contributed by atoms with E-state index in [1.54, 1.807) is 0 Å². The van der Waals surface area contributed by atoms with E-state index in [-0.39, 0.29) is 23.5 Å². The summed E-state index contributed by atoms with van der Waals surface area (Å²) in [6.45, 7) is 9.70. The third-order valence-corrected chi connectivity index (χ3v) is 3.16. The van der Waals surface area contributed by atoms with Crippen molar-refractivity contribution in [1.82, 2.24) is 0 Å². The summed E-state index contributed by atoms with van der Waals surface area (Å²) in [7, 11) is 0. The first kappa shape index (κ1) is 12.2. The molecule has 3 atom stereocenters. The van der Waals surface area contributed by atoms with Gasteiger partial charge in [0.25, 0.3) is 0 Å². The number of carbonyl (C=O) groups is 1. The van der Waals surface area contributed by atoms with Crippen LogP contribution in [0.15, 0.2) is 12.7 Å². The van der Waals surface area contributed by atoms with Gasteiger partial charge in [-0.1, -0.05) is 27.4 Å². The SMILES string of the molecule is C=CC(=O)OC1C(C)CC(N)CC1(C)C. The number of nitrogens with two attached hydrogens (primary N) is 1. The number of hydrogen-bond acceptors (Lipinski definition) is 3. The van der Waals surface area contributed by atoms with E-state index in [1.807, 2.05) is 0 Å². The van der Waals surface area contributed by atoms with Crippen molar-refractivity contribution in [3.63, 3.8) is 0 Å². The minimum absolute atomic E-state index is 0.0459. The summed E-state index contributed by atoms with van der Waals surface area (Å²) >= 11 is 0. The van der Waals surface area contributed by atoms with Crippen LogP contribution in [0.1, 0.15) is 33.6 Å². The molecular formula is C12H21NO2. The molecule has 0 aromatic rings. The highest BCUT2D eigenvalue weighted by Crippen LogP contribution is 2.40. The molecule has 0 spiro atoms. The maximum atomic E-state index is 11.2. The van der Waals surface area contributed by atoms with Crippen LogP contribution in [0.3, 0.4) is 0 Å². The molecule has 0 aromatic heterocycles. The van der Waals surface area contributed by atoms with E-state index in [2.05, 4.69) is 27.4 Å². The third-order valence-electron chi connectivity index (χ3n) is 3.16. The Labute approximate surface area is 91.7 Å². The lowest BCUT2D eigenvalue weighted by atomic mass is 9.68. The van der Waals surface area contributed by atoms with Crippen molar-refractivity contribution < 1.29 is 9.53 Å². The van der Waals surface area contributed by atoms with E-state index in [0.29, 0.717) is 5.92 Å². The van der Waals surface area contributed by atoms with Gasteiger partial charge in [-0.3, -0.25) is 0 Å². The second kappa shape index (κ2) is 4.35. The Kier molecular flexibility index (Phi) is 3.55. The summed E-state index contributed by atoms with van der Waals surface area (Å²) in [5.41, 5.74) is 5.92. The zero-order valence-electron chi connectivity index (χ0n) is 9.82. The molecule has 0 heterocycles. The van der Waals surface area contributed by atoms with Gasteiger partial charge in [0.1, 0.15) is 6.10 Å². The van der Waals surface area contributed by atoms with Crippen molar-refractivity contribution in [1.29, 1.82) is 0 Å². The molecule has 2 N–H and O–H groups in total. The number of ether oxygens (including phenoxy) is 1. The average Bonchev–Trinajstić information content (AvgIpc) is 2.09. The van der Waals surface area contributed by atoms with Gasteiger partial charge in [-0.2, -0.15) is 0 Å². The molecule has 0 amide bonds. The molecule has 0 aromatic carbocycles. The van der Waals surface area contributed by atoms with Gasteiger partial charge in [-0.05, 0) is 18.8 Å². The van der Waals surface area contributed by atoms with E-state index in [9.17, 15) is 4.79 Å². The predicted molar refractivity (Wildman–Crippen MR) is 60.2 cm³/mol. The molecule has 1 aliphatic rings. The second-order valence-corrected chi connectivity index (χ2v) is 5.23. The van der Waals surface area contributed by atoms with E-state index in [1.165, 1.54) is 6.08 Å². The highest BCUT2D eigenvalue weighted by molar-refractivity contribution is 5.81. The molecule has 1 aliphatic carbocycles. The van der Waals surface area contributed by atoms with Gasteiger partial charge in [0, 0.05) is 17.5 Å². The summed E-state index contributed by atoms with van der Waals surface area (Å²) in [5.74, 6) is -0.0250. The smallest absolute Gasteiger partial charge is 0.330 e. The maximum Gasteiger partial charge on any atom is 0.330 e. The van der Waals surface area contributed by atoms with Crippen LogP contribution in [0, 0.1) is 11.3 Å². The first-order valence-electron chi connectivity index (χ1n) is 5.45. The number of carbonyl (C=O) groups excluding carboxylic acids is 1. The zero-order chi connectivity index (χ0) is 11.6. The largest absolute Gasteiger partial charge is 0.458 e. The molecule has 15 heavy (non-hydrogen) atoms. The van der Waals surface area contributed by atoms with Crippen LogP contribution >= 0.6 is 0 Å². The standard InChI is InChI=1S/C12H21NO2/c1-5-10(14)15-11-8(2)6-9(13)7-12(11,3)4/h5,8-9,11H,1,6-7,13H2,2-4H3. The number of hydrogen-bond donors (Lipinski definition) is 1. The fraction of sp³-hybridized carbons (Fsp3) is 0.750. The van der Waals surface area contributed by atoms with Crippen LogP contribution in [0.2, 0.25) is 0 Å². The van der Waals surface area contributed by atoms with Crippen LogP contribution in [0.5, 0.6) is 0 Å². The highest BCUT2D eigenvalue weighted by Gasteiger charge is 2.42. The first-order chi connectivity index (χ1) is 6.86. The van der Waals surface area contributed by atoms with Crippen molar-refractivity contribution in [2.45, 2.75) is 45.8 Å². The van der Waals surface area contributed by atoms with Crippen molar-refractivity contribution in [3.05, 3.63) is 12.7 Å². The van der Waals surface area contributed by atoms with E-state index >= 15 is 0 Å². The second-order valence-electron chi connectivity index (χ2n) is 5.23. The van der Waals surface area contributed by atoms with Gasteiger partial charge >= 0.3 is 5.97 Å². The molecule has 3 nitrogen and oxygen atoms in total. The molecule has 86 valence electrons. The normalized spacial score (nSPS) is 34.5. The van der Waals surface area contributed by atoms with Gasteiger partial charge in [0.15, 0.2) is 0 Å². The summed E-state index contributed by atoms with van der Waals surface area (Å²) in [4.78, 5) is 11.2. The highest BCUT2D eigenvalue weighted by atomic mass is 16.5. The lowest BCUT2D eigenvalue weighted by Gasteiger charge is -2.44. The molecule has 1 fully saturated rings. The fourth-order valence-corrected chi connectivity index (χ4v) is 2.70. The monoisotopic (exact) mass is 211 g/mol. The van der Waals surface area contributed by atoms with Crippen LogP contribution in [0.4, 0.5) is 0 Å². The van der Waals surface area contributed by atoms with Crippen molar-refractivity contribution in [2.75, 3.05) is 0 Å². The van der Waals surface area contributed by atoms with E-state index in [0.717, 1.165) is 12.8 Å². The quantitative estimate of drug-likeness (QED) is 0.560. The summed E-state index contributed by atoms with van der Waals surface area (Å²) in [6, 6.07) is 0.216. The van der Waals surface area contributed by atoms with Crippen LogP contribution in [-0.4, -0.2) is 18.1 Å². The molecule has 1 rings (SSSR count). The maximum absolute atomic E-state index is 11.2. The number of rotatable bonds is 2. The molecule has 0 radical (unpaired) electrons. The summed E-state index contributed by atoms with van der Waals surface area (Å²) in [5, 5.41) is 0. The molecule has 3 heteroatoms. The Morgan fingerprint density at radius 1 is 1.60 bits per heavy atom. The predicted octanol–water partition coefficient (Wildman–Crippen LogP) is 1.87. The van der Waals surface area contributed by atoms with Crippen LogP contribution < -0.4 is 5.73 Å². The molecule has 1 saturated carbocycles. The summed E-state index contributed by atoms with van der Waals surface area (Å²) in [6.07, 6.45) is 2.98. The van der Waals surface area contributed by atoms with E-state index in [4.69, 9.17) is 10.5 Å². The molecule has 0 aliphatic heterocycles. The lowest BCUT2D eigenvalue weighted by Crippen LogP contribution is -2.48. The van der Waals surface area contributed by atoms with Crippen molar-refractivity contribution in [3.8, 4) is 0 Å². The Morgan fingerprint density at radius 3 is 2.67 bits per heavy atom. The van der Waals surface area contributed by atoms with Gasteiger partial charge < -0.3 is 10.5 Å². The molecule has 0 saturated heterocycles. The average molecular weight is 211 g/mol. The molecule has 3 unspecified atom stereocenters. The van der Waals surface area contributed by atoms with Gasteiger partial charge in [-0.15, -0.1) is 0 Å². The number of esters is 1. The Balaban J connectivity index is 2.75. The molecular weight excluding hydrogens is 190 g/mol. The van der Waals surface area contributed by atoms with Crippen molar-refractivity contribution >= 4 is 5.97 Å². The van der Waals surface area contributed by atoms with Crippen LogP contribution in [0.25, 0.3) is 0 Å². The Bertz CT molecular complexity index is 260.